The molecule has 84 valence electrons. The monoisotopic (exact) mass is 197 g/mol. The molecule has 1 aliphatic carbocycles. The van der Waals surface area contributed by atoms with Crippen LogP contribution in [0.3, 0.4) is 0 Å². The first-order valence-electron chi connectivity index (χ1n) is 6.37. The van der Waals surface area contributed by atoms with E-state index in [1.165, 1.54) is 32.5 Å². The minimum absolute atomic E-state index is 0.797. The molecule has 1 saturated heterocycles. The van der Waals surface area contributed by atoms with Crippen LogP contribution in [0.25, 0.3) is 0 Å². The zero-order chi connectivity index (χ0) is 10.8. The van der Waals surface area contributed by atoms with Gasteiger partial charge in [-0.2, -0.15) is 0 Å². The lowest BCUT2D eigenvalue weighted by Crippen LogP contribution is -2.62. The molecule has 1 heterocycles. The predicted molar refractivity (Wildman–Crippen MR) is 63.5 cm³/mol. The molecule has 2 aliphatic rings. The van der Waals surface area contributed by atoms with Gasteiger partial charge in [0.05, 0.1) is 0 Å². The van der Waals surface area contributed by atoms with Gasteiger partial charge in [0.25, 0.3) is 0 Å². The second kappa shape index (κ2) is 4.65. The van der Waals surface area contributed by atoms with Gasteiger partial charge in [-0.05, 0) is 36.6 Å². The van der Waals surface area contributed by atoms with Crippen molar-refractivity contribution < 1.29 is 0 Å². The fourth-order valence-corrected chi connectivity index (χ4v) is 2.91. The molecule has 0 unspecified atom stereocenters. The van der Waals surface area contributed by atoms with E-state index in [0.29, 0.717) is 0 Å². The Bertz CT molecular complexity index is 160. The van der Waals surface area contributed by atoms with E-state index in [1.807, 2.05) is 13.8 Å². The first kappa shape index (κ1) is 12.0. The summed E-state index contributed by atoms with van der Waals surface area (Å²) in [5.74, 6) is 1.97. The van der Waals surface area contributed by atoms with Crippen molar-refractivity contribution in [2.45, 2.75) is 47.5 Å². The Morgan fingerprint density at radius 2 is 1.71 bits per heavy atom. The summed E-state index contributed by atoms with van der Waals surface area (Å²) < 4.78 is 0. The lowest BCUT2D eigenvalue weighted by atomic mass is 9.55. The van der Waals surface area contributed by atoms with E-state index < -0.39 is 0 Å². The Morgan fingerprint density at radius 3 is 2.07 bits per heavy atom. The molecule has 2 rings (SSSR count). The van der Waals surface area contributed by atoms with Gasteiger partial charge in [-0.1, -0.05) is 34.6 Å². The molecule has 0 atom stereocenters. The molecule has 1 spiro atoms. The first-order valence-corrected chi connectivity index (χ1v) is 6.37. The van der Waals surface area contributed by atoms with Crippen LogP contribution < -0.4 is 0 Å². The molecule has 2 fully saturated rings. The molecule has 0 bridgehead atoms. The zero-order valence-electron chi connectivity index (χ0n) is 10.6. The standard InChI is InChI=1S/C11H21N.C2H6/c1-4-12-7-11(8-12)5-10(6-11)9(2)3;1-2/h9-10H,4-8H2,1-3H3;1-2H3. The molecule has 1 heteroatoms. The molecule has 0 radical (unpaired) electrons. The van der Waals surface area contributed by atoms with Crippen molar-refractivity contribution in [1.82, 2.24) is 4.90 Å². The smallest absolute Gasteiger partial charge is 0.00506 e. The molecule has 0 aromatic carbocycles. The highest BCUT2D eigenvalue weighted by atomic mass is 15.2. The summed E-state index contributed by atoms with van der Waals surface area (Å²) in [4.78, 5) is 2.57. The number of rotatable bonds is 2. The average molecular weight is 197 g/mol. The van der Waals surface area contributed by atoms with Crippen LogP contribution in [0.1, 0.15) is 47.5 Å². The van der Waals surface area contributed by atoms with E-state index in [-0.39, 0.29) is 0 Å². The van der Waals surface area contributed by atoms with Crippen molar-refractivity contribution in [3.05, 3.63) is 0 Å². The molecule has 0 aromatic heterocycles. The average Bonchev–Trinajstić information content (AvgIpc) is 2.03. The maximum absolute atomic E-state index is 2.57. The van der Waals surface area contributed by atoms with Gasteiger partial charge >= 0.3 is 0 Å². The highest BCUT2D eigenvalue weighted by Crippen LogP contribution is 2.53. The van der Waals surface area contributed by atoms with E-state index >= 15 is 0 Å². The van der Waals surface area contributed by atoms with Crippen molar-refractivity contribution in [1.29, 1.82) is 0 Å². The molecule has 1 aliphatic heterocycles. The Balaban J connectivity index is 0.000000461. The summed E-state index contributed by atoms with van der Waals surface area (Å²) in [6, 6.07) is 0. The topological polar surface area (TPSA) is 3.24 Å². The van der Waals surface area contributed by atoms with Crippen LogP contribution in [0.4, 0.5) is 0 Å². The maximum atomic E-state index is 2.57. The van der Waals surface area contributed by atoms with Gasteiger partial charge in [-0.3, -0.25) is 0 Å². The van der Waals surface area contributed by atoms with Gasteiger partial charge in [-0.15, -0.1) is 0 Å². The van der Waals surface area contributed by atoms with Gasteiger partial charge in [0.2, 0.25) is 0 Å². The fourth-order valence-electron chi connectivity index (χ4n) is 2.91. The van der Waals surface area contributed by atoms with Crippen molar-refractivity contribution >= 4 is 0 Å². The van der Waals surface area contributed by atoms with Crippen molar-refractivity contribution in [3.63, 3.8) is 0 Å². The normalized spacial score (nSPS) is 25.3. The van der Waals surface area contributed by atoms with Crippen LogP contribution in [0.5, 0.6) is 0 Å². The highest BCUT2D eigenvalue weighted by Gasteiger charge is 2.51. The third-order valence-corrected chi connectivity index (χ3v) is 3.90. The minimum atomic E-state index is 0.797. The molecule has 0 N–H and O–H groups in total. The predicted octanol–water partition coefficient (Wildman–Crippen LogP) is 3.40. The lowest BCUT2D eigenvalue weighted by Gasteiger charge is -2.60. The maximum Gasteiger partial charge on any atom is 0.00506 e. The second-order valence-corrected chi connectivity index (χ2v) is 5.22. The Kier molecular flexibility index (Phi) is 4.00. The van der Waals surface area contributed by atoms with Gasteiger partial charge in [0.1, 0.15) is 0 Å². The van der Waals surface area contributed by atoms with E-state index in [2.05, 4.69) is 25.7 Å². The van der Waals surface area contributed by atoms with Crippen molar-refractivity contribution in [3.8, 4) is 0 Å². The summed E-state index contributed by atoms with van der Waals surface area (Å²) in [7, 11) is 0. The van der Waals surface area contributed by atoms with Crippen molar-refractivity contribution in [2.24, 2.45) is 17.3 Å². The molecule has 1 nitrogen and oxygen atoms in total. The Labute approximate surface area is 89.9 Å². The van der Waals surface area contributed by atoms with Crippen LogP contribution in [0.15, 0.2) is 0 Å². The summed E-state index contributed by atoms with van der Waals surface area (Å²) >= 11 is 0. The first-order chi connectivity index (χ1) is 6.65. The van der Waals surface area contributed by atoms with E-state index in [9.17, 15) is 0 Å². The summed E-state index contributed by atoms with van der Waals surface area (Å²) in [5.41, 5.74) is 0.797. The van der Waals surface area contributed by atoms with Crippen LogP contribution in [-0.2, 0) is 0 Å². The summed E-state index contributed by atoms with van der Waals surface area (Å²) in [6.07, 6.45) is 3.03. The third kappa shape index (κ3) is 2.13. The number of nitrogens with zero attached hydrogens (tertiary/aromatic N) is 1. The number of hydrogen-bond acceptors (Lipinski definition) is 1. The van der Waals surface area contributed by atoms with Gasteiger partial charge in [0.15, 0.2) is 0 Å². The zero-order valence-corrected chi connectivity index (χ0v) is 10.6. The highest BCUT2D eigenvalue weighted by molar-refractivity contribution is 5.04. The summed E-state index contributed by atoms with van der Waals surface area (Å²) in [6.45, 7) is 15.1. The van der Waals surface area contributed by atoms with Crippen LogP contribution in [-0.4, -0.2) is 24.5 Å². The van der Waals surface area contributed by atoms with Crippen LogP contribution in [0, 0.1) is 17.3 Å². The Morgan fingerprint density at radius 1 is 1.21 bits per heavy atom. The quantitative estimate of drug-likeness (QED) is 0.656. The molecular formula is C13H27N. The largest absolute Gasteiger partial charge is 0.302 e. The van der Waals surface area contributed by atoms with E-state index in [4.69, 9.17) is 0 Å². The number of likely N-dealkylation sites (tertiary alicyclic amines) is 1. The molecule has 1 saturated carbocycles. The SMILES string of the molecule is CC.CCN1CC2(CC(C(C)C)C2)C1. The number of hydrogen-bond donors (Lipinski definition) is 0. The third-order valence-electron chi connectivity index (χ3n) is 3.90. The molecular weight excluding hydrogens is 170 g/mol. The summed E-state index contributed by atoms with van der Waals surface area (Å²) in [5, 5.41) is 0. The van der Waals surface area contributed by atoms with Gasteiger partial charge in [-0.25, -0.2) is 0 Å². The lowest BCUT2D eigenvalue weighted by molar-refractivity contribution is -0.103. The minimum Gasteiger partial charge on any atom is -0.302 e. The molecule has 0 aromatic rings. The second-order valence-electron chi connectivity index (χ2n) is 5.22. The fraction of sp³-hybridized carbons (Fsp3) is 1.00. The van der Waals surface area contributed by atoms with Crippen LogP contribution >= 0.6 is 0 Å². The molecule has 14 heavy (non-hydrogen) atoms. The van der Waals surface area contributed by atoms with Gasteiger partial charge in [0, 0.05) is 13.1 Å². The Hall–Kier alpha value is -0.0400. The molecule has 0 amide bonds. The van der Waals surface area contributed by atoms with E-state index in [0.717, 1.165) is 17.3 Å². The van der Waals surface area contributed by atoms with Crippen molar-refractivity contribution in [2.75, 3.05) is 19.6 Å². The van der Waals surface area contributed by atoms with Gasteiger partial charge < -0.3 is 4.90 Å². The van der Waals surface area contributed by atoms with E-state index in [1.54, 1.807) is 0 Å². The van der Waals surface area contributed by atoms with Crippen LogP contribution in [0.2, 0.25) is 0 Å².